The number of nitrogens with two attached hydrogens (primary N) is 3. The molecular formula is C19H24N6. The molecule has 0 saturated carbocycles. The fourth-order valence-electron chi connectivity index (χ4n) is 3.07. The molecule has 0 bridgehead atoms. The summed E-state index contributed by atoms with van der Waals surface area (Å²) in [6, 6.07) is 6.47. The fraction of sp³-hybridized carbons (Fsp3) is 0.316. The molecule has 0 saturated heterocycles. The van der Waals surface area contributed by atoms with E-state index >= 15 is 0 Å². The zero-order valence-corrected chi connectivity index (χ0v) is 14.4. The molecule has 3 rings (SSSR count). The average Bonchev–Trinajstić information content (AvgIpc) is 2.60. The number of fused-ring (bicyclic) bond motifs is 1. The predicted molar refractivity (Wildman–Crippen MR) is 103 cm³/mol. The van der Waals surface area contributed by atoms with E-state index in [2.05, 4.69) is 47.3 Å². The van der Waals surface area contributed by atoms with Crippen LogP contribution in [0.25, 0.3) is 17.3 Å². The SMILES string of the molecule is CC1CC=Cc2cc(-c3cnc(N)c(CCCN=C(N)N)n3)ccc21. The summed E-state index contributed by atoms with van der Waals surface area (Å²) in [4.78, 5) is 13.0. The Morgan fingerprint density at radius 2 is 2.16 bits per heavy atom. The number of guanidine groups is 1. The highest BCUT2D eigenvalue weighted by Crippen LogP contribution is 2.32. The van der Waals surface area contributed by atoms with Crippen molar-refractivity contribution in [2.75, 3.05) is 12.3 Å². The Morgan fingerprint density at radius 1 is 1.32 bits per heavy atom. The second-order valence-electron chi connectivity index (χ2n) is 6.38. The largest absolute Gasteiger partial charge is 0.382 e. The van der Waals surface area contributed by atoms with Crippen LogP contribution in [0.3, 0.4) is 0 Å². The Morgan fingerprint density at radius 3 is 2.96 bits per heavy atom. The lowest BCUT2D eigenvalue weighted by atomic mass is 9.87. The predicted octanol–water partition coefficient (Wildman–Crippen LogP) is 2.45. The number of nitrogen functional groups attached to an aromatic ring is 1. The topological polar surface area (TPSA) is 116 Å². The molecular weight excluding hydrogens is 312 g/mol. The van der Waals surface area contributed by atoms with Gasteiger partial charge in [-0.3, -0.25) is 4.99 Å². The molecule has 0 aliphatic heterocycles. The zero-order chi connectivity index (χ0) is 17.8. The summed E-state index contributed by atoms with van der Waals surface area (Å²) in [6.45, 7) is 2.80. The van der Waals surface area contributed by atoms with E-state index in [1.165, 1.54) is 11.1 Å². The number of aryl methyl sites for hydroxylation is 1. The Hall–Kier alpha value is -2.89. The van der Waals surface area contributed by atoms with Crippen molar-refractivity contribution in [2.45, 2.75) is 32.1 Å². The van der Waals surface area contributed by atoms with Crippen LogP contribution in [0.1, 0.15) is 42.5 Å². The molecule has 0 fully saturated rings. The Balaban J connectivity index is 1.82. The van der Waals surface area contributed by atoms with Crippen molar-refractivity contribution in [1.29, 1.82) is 0 Å². The molecule has 25 heavy (non-hydrogen) atoms. The van der Waals surface area contributed by atoms with E-state index in [0.717, 1.165) is 29.8 Å². The van der Waals surface area contributed by atoms with Gasteiger partial charge in [-0.2, -0.15) is 0 Å². The quantitative estimate of drug-likeness (QED) is 0.440. The number of nitrogens with zero attached hydrogens (tertiary/aromatic N) is 3. The standard InChI is InChI=1S/C19H24N6/c1-12-4-2-5-13-10-14(7-8-15(12)13)17-11-24-18(20)16(25-17)6-3-9-23-19(21)22/h2,5,7-8,10-12H,3-4,6,9H2,1H3,(H2,20,24)(H4,21,22,23). The number of rotatable bonds is 5. The smallest absolute Gasteiger partial charge is 0.185 e. The third-order valence-electron chi connectivity index (χ3n) is 4.44. The first-order valence-corrected chi connectivity index (χ1v) is 8.52. The number of anilines is 1. The van der Waals surface area contributed by atoms with Crippen molar-refractivity contribution in [2.24, 2.45) is 16.5 Å². The number of allylic oxidation sites excluding steroid dienone is 1. The molecule has 1 aromatic carbocycles. The van der Waals surface area contributed by atoms with Crippen LogP contribution in [0.4, 0.5) is 5.82 Å². The maximum absolute atomic E-state index is 5.97. The molecule has 1 unspecified atom stereocenters. The lowest BCUT2D eigenvalue weighted by molar-refractivity contribution is 0.772. The second kappa shape index (κ2) is 7.34. The van der Waals surface area contributed by atoms with Gasteiger partial charge in [0, 0.05) is 12.1 Å². The van der Waals surface area contributed by atoms with Gasteiger partial charge in [-0.15, -0.1) is 0 Å². The number of hydrogen-bond acceptors (Lipinski definition) is 4. The van der Waals surface area contributed by atoms with Crippen molar-refractivity contribution in [3.05, 3.63) is 47.3 Å². The number of hydrogen-bond donors (Lipinski definition) is 3. The molecule has 0 amide bonds. The van der Waals surface area contributed by atoms with E-state index in [9.17, 15) is 0 Å². The number of aromatic nitrogens is 2. The molecule has 6 heteroatoms. The van der Waals surface area contributed by atoms with Gasteiger partial charge < -0.3 is 17.2 Å². The van der Waals surface area contributed by atoms with E-state index in [1.807, 2.05) is 0 Å². The first-order valence-electron chi connectivity index (χ1n) is 8.52. The van der Waals surface area contributed by atoms with E-state index in [-0.39, 0.29) is 5.96 Å². The lowest BCUT2D eigenvalue weighted by Gasteiger charge is -2.18. The summed E-state index contributed by atoms with van der Waals surface area (Å²) in [5.74, 6) is 1.11. The molecule has 130 valence electrons. The van der Waals surface area contributed by atoms with Crippen LogP contribution in [-0.4, -0.2) is 22.5 Å². The average molecular weight is 336 g/mol. The van der Waals surface area contributed by atoms with Gasteiger partial charge in [0.25, 0.3) is 0 Å². The van der Waals surface area contributed by atoms with Crippen LogP contribution in [0.15, 0.2) is 35.5 Å². The Labute approximate surface area is 147 Å². The molecule has 1 aromatic heterocycles. The number of aliphatic imine (C=N–C) groups is 1. The van der Waals surface area contributed by atoms with Gasteiger partial charge in [0.2, 0.25) is 0 Å². The minimum Gasteiger partial charge on any atom is -0.382 e. The maximum atomic E-state index is 5.97. The van der Waals surface area contributed by atoms with Gasteiger partial charge in [-0.05, 0) is 42.4 Å². The summed E-state index contributed by atoms with van der Waals surface area (Å²) in [5.41, 5.74) is 21.9. The Bertz CT molecular complexity index is 821. The fourth-order valence-corrected chi connectivity index (χ4v) is 3.07. The van der Waals surface area contributed by atoms with Crippen LogP contribution < -0.4 is 17.2 Å². The van der Waals surface area contributed by atoms with E-state index in [0.29, 0.717) is 24.7 Å². The first kappa shape index (κ1) is 17.0. The molecule has 1 aliphatic rings. The van der Waals surface area contributed by atoms with Crippen molar-refractivity contribution in [1.82, 2.24) is 9.97 Å². The van der Waals surface area contributed by atoms with Crippen LogP contribution in [0.2, 0.25) is 0 Å². The molecule has 1 heterocycles. The molecule has 0 radical (unpaired) electrons. The highest BCUT2D eigenvalue weighted by Gasteiger charge is 2.14. The highest BCUT2D eigenvalue weighted by molar-refractivity contribution is 5.75. The summed E-state index contributed by atoms with van der Waals surface area (Å²) >= 11 is 0. The minimum absolute atomic E-state index is 0.101. The third-order valence-corrected chi connectivity index (χ3v) is 4.44. The lowest BCUT2D eigenvalue weighted by Crippen LogP contribution is -2.23. The van der Waals surface area contributed by atoms with Crippen molar-refractivity contribution >= 4 is 17.9 Å². The van der Waals surface area contributed by atoms with Crippen molar-refractivity contribution in [3.8, 4) is 11.3 Å². The van der Waals surface area contributed by atoms with Gasteiger partial charge in [0.15, 0.2) is 5.96 Å². The monoisotopic (exact) mass is 336 g/mol. The van der Waals surface area contributed by atoms with Gasteiger partial charge in [0.1, 0.15) is 5.82 Å². The molecule has 1 aliphatic carbocycles. The maximum Gasteiger partial charge on any atom is 0.185 e. The van der Waals surface area contributed by atoms with E-state index in [4.69, 9.17) is 22.2 Å². The van der Waals surface area contributed by atoms with Crippen molar-refractivity contribution < 1.29 is 0 Å². The van der Waals surface area contributed by atoms with Gasteiger partial charge in [0.05, 0.1) is 17.6 Å². The molecule has 1 atom stereocenters. The second-order valence-corrected chi connectivity index (χ2v) is 6.38. The third kappa shape index (κ3) is 3.96. The Kier molecular flexibility index (Phi) is 4.97. The molecule has 0 spiro atoms. The molecule has 6 N–H and O–H groups in total. The zero-order valence-electron chi connectivity index (χ0n) is 14.4. The summed E-state index contributed by atoms with van der Waals surface area (Å²) < 4.78 is 0. The van der Waals surface area contributed by atoms with Gasteiger partial charge in [-0.1, -0.05) is 31.2 Å². The first-order chi connectivity index (χ1) is 12.0. The minimum atomic E-state index is 0.101. The van der Waals surface area contributed by atoms with Crippen LogP contribution in [0.5, 0.6) is 0 Å². The highest BCUT2D eigenvalue weighted by atomic mass is 15.0. The van der Waals surface area contributed by atoms with Crippen LogP contribution >= 0.6 is 0 Å². The summed E-state index contributed by atoms with van der Waals surface area (Å²) in [6.07, 6.45) is 8.68. The van der Waals surface area contributed by atoms with E-state index in [1.54, 1.807) is 6.20 Å². The molecule has 6 nitrogen and oxygen atoms in total. The summed E-state index contributed by atoms with van der Waals surface area (Å²) in [5, 5.41) is 0. The number of benzene rings is 1. The van der Waals surface area contributed by atoms with Crippen LogP contribution in [-0.2, 0) is 6.42 Å². The normalized spacial score (nSPS) is 15.6. The van der Waals surface area contributed by atoms with Gasteiger partial charge >= 0.3 is 0 Å². The van der Waals surface area contributed by atoms with E-state index < -0.39 is 0 Å². The summed E-state index contributed by atoms with van der Waals surface area (Å²) in [7, 11) is 0. The molecule has 2 aromatic rings. The van der Waals surface area contributed by atoms with Gasteiger partial charge in [-0.25, -0.2) is 9.97 Å². The van der Waals surface area contributed by atoms with Crippen molar-refractivity contribution in [3.63, 3.8) is 0 Å². The van der Waals surface area contributed by atoms with Crippen LogP contribution in [0, 0.1) is 0 Å².